The van der Waals surface area contributed by atoms with Crippen LogP contribution in [-0.4, -0.2) is 17.5 Å². The minimum atomic E-state index is 0.715. The maximum Gasteiger partial charge on any atom is 0.0903 e. The Morgan fingerprint density at radius 2 is 2.56 bits per heavy atom. The van der Waals surface area contributed by atoms with E-state index in [1.54, 1.807) is 23.5 Å². The van der Waals surface area contributed by atoms with Crippen molar-refractivity contribution in [3.05, 3.63) is 24.7 Å². The van der Waals surface area contributed by atoms with Crippen molar-refractivity contribution in [2.45, 2.75) is 0 Å². The van der Waals surface area contributed by atoms with Gasteiger partial charge in [0.1, 0.15) is 0 Å². The molecule has 1 heterocycles. The molecule has 0 fully saturated rings. The number of nitrogens with zero attached hydrogens (tertiary/aromatic N) is 2. The van der Waals surface area contributed by atoms with Crippen LogP contribution in [0.1, 0.15) is 0 Å². The Labute approximate surface area is 53.5 Å². The smallest absolute Gasteiger partial charge is 0.0903 e. The first-order valence-corrected chi connectivity index (χ1v) is 2.52. The van der Waals surface area contributed by atoms with E-state index in [0.717, 1.165) is 0 Å². The quantitative estimate of drug-likeness (QED) is 0.407. The molecule has 0 radical (unpaired) electrons. The second-order valence-corrected chi connectivity index (χ2v) is 1.60. The Morgan fingerprint density at radius 3 is 3.00 bits per heavy atom. The van der Waals surface area contributed by atoms with Gasteiger partial charge in [-0.05, 0) is 0 Å². The highest BCUT2D eigenvalue weighted by Gasteiger charge is 1.98. The van der Waals surface area contributed by atoms with Gasteiger partial charge in [0, 0.05) is 12.4 Å². The fourth-order valence-corrected chi connectivity index (χ4v) is 0.528. The van der Waals surface area contributed by atoms with Crippen molar-refractivity contribution in [1.82, 2.24) is 4.90 Å². The molecule has 0 aromatic carbocycles. The van der Waals surface area contributed by atoms with E-state index in [1.165, 1.54) is 6.34 Å². The van der Waals surface area contributed by atoms with E-state index in [2.05, 4.69) is 11.6 Å². The number of rotatable bonds is 1. The average molecular weight is 121 g/mol. The van der Waals surface area contributed by atoms with Crippen LogP contribution >= 0.6 is 0 Å². The molecular weight excluding hydrogens is 114 g/mol. The molecule has 1 aliphatic heterocycles. The predicted molar refractivity (Wildman–Crippen MR) is 37.4 cm³/mol. The molecule has 0 saturated carbocycles. The van der Waals surface area contributed by atoms with Crippen molar-refractivity contribution in [2.24, 2.45) is 4.99 Å². The third-order valence-corrected chi connectivity index (χ3v) is 1.01. The molecule has 0 aromatic rings. The zero-order valence-corrected chi connectivity index (χ0v) is 4.91. The van der Waals surface area contributed by atoms with Gasteiger partial charge in [0.15, 0.2) is 0 Å². The molecule has 1 N–H and O–H groups in total. The molecule has 0 aliphatic carbocycles. The van der Waals surface area contributed by atoms with Gasteiger partial charge in [-0.15, -0.1) is 0 Å². The summed E-state index contributed by atoms with van der Waals surface area (Å²) in [6.45, 7) is 3.64. The molecule has 1 aliphatic rings. The van der Waals surface area contributed by atoms with Crippen LogP contribution in [0.2, 0.25) is 0 Å². The minimum absolute atomic E-state index is 0.715. The summed E-state index contributed by atoms with van der Waals surface area (Å²) in [6, 6.07) is 0. The highest BCUT2D eigenvalue weighted by atomic mass is 15.1. The molecule has 0 atom stereocenters. The summed E-state index contributed by atoms with van der Waals surface area (Å²) in [5.74, 6) is 0. The summed E-state index contributed by atoms with van der Waals surface area (Å²) in [5, 5.41) is 6.85. The molecule has 0 amide bonds. The lowest BCUT2D eigenvalue weighted by molar-refractivity contribution is 0.741. The molecule has 0 aromatic heterocycles. The fourth-order valence-electron chi connectivity index (χ4n) is 0.528. The summed E-state index contributed by atoms with van der Waals surface area (Å²) in [4.78, 5) is 5.38. The largest absolute Gasteiger partial charge is 0.306 e. The lowest BCUT2D eigenvalue weighted by atomic mass is 10.4. The van der Waals surface area contributed by atoms with Crippen LogP contribution in [0, 0.1) is 5.41 Å². The standard InChI is InChI=1S/C6H7N3/c1-6-4-8-2-3-9(6)5-7/h2-5,7H,1H2. The average Bonchev–Trinajstić information content (AvgIpc) is 1.89. The van der Waals surface area contributed by atoms with Crippen LogP contribution < -0.4 is 0 Å². The highest BCUT2D eigenvalue weighted by Crippen LogP contribution is 2.00. The van der Waals surface area contributed by atoms with Gasteiger partial charge < -0.3 is 4.90 Å². The van der Waals surface area contributed by atoms with Gasteiger partial charge in [-0.3, -0.25) is 10.4 Å². The molecule has 3 nitrogen and oxygen atoms in total. The highest BCUT2D eigenvalue weighted by molar-refractivity contribution is 5.83. The summed E-state index contributed by atoms with van der Waals surface area (Å²) < 4.78 is 0. The van der Waals surface area contributed by atoms with Crippen LogP contribution in [0.5, 0.6) is 0 Å². The monoisotopic (exact) mass is 121 g/mol. The topological polar surface area (TPSA) is 39.5 Å². The van der Waals surface area contributed by atoms with Crippen molar-refractivity contribution in [3.63, 3.8) is 0 Å². The SMILES string of the molecule is C=C1C=NC=CN1C=N. The second-order valence-electron chi connectivity index (χ2n) is 1.60. The molecule has 0 spiro atoms. The zero-order chi connectivity index (χ0) is 6.69. The summed E-state index contributed by atoms with van der Waals surface area (Å²) in [5.41, 5.74) is 0.715. The summed E-state index contributed by atoms with van der Waals surface area (Å²) in [6.07, 6.45) is 6.07. The molecule has 1 rings (SSSR count). The second kappa shape index (κ2) is 2.26. The Balaban J connectivity index is 2.77. The minimum Gasteiger partial charge on any atom is -0.306 e. The van der Waals surface area contributed by atoms with Crippen LogP contribution in [0.4, 0.5) is 0 Å². The van der Waals surface area contributed by atoms with Crippen LogP contribution in [0.15, 0.2) is 29.7 Å². The fraction of sp³-hybridized carbons (Fsp3) is 0. The first-order valence-electron chi connectivity index (χ1n) is 2.52. The normalized spacial score (nSPS) is 16.4. The van der Waals surface area contributed by atoms with Crippen LogP contribution in [0.3, 0.4) is 0 Å². The van der Waals surface area contributed by atoms with Gasteiger partial charge in [0.2, 0.25) is 0 Å². The molecule has 0 saturated heterocycles. The van der Waals surface area contributed by atoms with Crippen LogP contribution in [0.25, 0.3) is 0 Å². The maximum atomic E-state index is 6.85. The van der Waals surface area contributed by atoms with E-state index in [4.69, 9.17) is 5.41 Å². The van der Waals surface area contributed by atoms with Crippen molar-refractivity contribution >= 4 is 12.6 Å². The van der Waals surface area contributed by atoms with Gasteiger partial charge >= 0.3 is 0 Å². The van der Waals surface area contributed by atoms with E-state index >= 15 is 0 Å². The number of hydrogen-bond donors (Lipinski definition) is 1. The van der Waals surface area contributed by atoms with E-state index in [0.29, 0.717) is 5.70 Å². The number of aliphatic imine (C=N–C) groups is 1. The third kappa shape index (κ3) is 1.05. The van der Waals surface area contributed by atoms with E-state index in [1.807, 2.05) is 0 Å². The number of hydrogen-bond acceptors (Lipinski definition) is 2. The third-order valence-electron chi connectivity index (χ3n) is 1.01. The molecule has 9 heavy (non-hydrogen) atoms. The van der Waals surface area contributed by atoms with E-state index in [9.17, 15) is 0 Å². The Bertz CT molecular complexity index is 190. The van der Waals surface area contributed by atoms with Gasteiger partial charge in [0.25, 0.3) is 0 Å². The van der Waals surface area contributed by atoms with Crippen molar-refractivity contribution < 1.29 is 0 Å². The Kier molecular flexibility index (Phi) is 1.44. The molecule has 0 bridgehead atoms. The van der Waals surface area contributed by atoms with Gasteiger partial charge in [0.05, 0.1) is 18.3 Å². The van der Waals surface area contributed by atoms with Gasteiger partial charge in [-0.2, -0.15) is 0 Å². The van der Waals surface area contributed by atoms with Gasteiger partial charge in [-0.1, -0.05) is 6.58 Å². The van der Waals surface area contributed by atoms with E-state index in [-0.39, 0.29) is 0 Å². The molecule has 0 unspecified atom stereocenters. The van der Waals surface area contributed by atoms with Gasteiger partial charge in [-0.25, -0.2) is 0 Å². The number of allylic oxidation sites excluding steroid dienone is 1. The van der Waals surface area contributed by atoms with Crippen molar-refractivity contribution in [2.75, 3.05) is 0 Å². The van der Waals surface area contributed by atoms with Crippen molar-refractivity contribution in [1.29, 1.82) is 5.41 Å². The zero-order valence-electron chi connectivity index (χ0n) is 4.91. The Hall–Kier alpha value is -1.38. The molecule has 3 heteroatoms. The van der Waals surface area contributed by atoms with E-state index < -0.39 is 0 Å². The first kappa shape index (κ1) is 5.75. The molecule has 46 valence electrons. The molecular formula is C6H7N3. The van der Waals surface area contributed by atoms with Crippen molar-refractivity contribution in [3.8, 4) is 0 Å². The maximum absolute atomic E-state index is 6.85. The predicted octanol–water partition coefficient (Wildman–Crippen LogP) is 0.965. The lowest BCUT2D eigenvalue weighted by Gasteiger charge is -2.14. The Morgan fingerprint density at radius 1 is 1.78 bits per heavy atom. The van der Waals surface area contributed by atoms with Crippen LogP contribution in [-0.2, 0) is 0 Å². The lowest BCUT2D eigenvalue weighted by Crippen LogP contribution is -2.15. The summed E-state index contributed by atoms with van der Waals surface area (Å²) >= 11 is 0. The first-order chi connectivity index (χ1) is 4.34. The number of nitrogens with one attached hydrogen (secondary N) is 1. The summed E-state index contributed by atoms with van der Waals surface area (Å²) in [7, 11) is 0.